The van der Waals surface area contributed by atoms with E-state index < -0.39 is 6.10 Å². The molecule has 1 atom stereocenters. The summed E-state index contributed by atoms with van der Waals surface area (Å²) in [6, 6.07) is 25.0. The smallest absolute Gasteiger partial charge is 0.234 e. The van der Waals surface area contributed by atoms with Crippen LogP contribution in [0.5, 0.6) is 11.5 Å². The van der Waals surface area contributed by atoms with Gasteiger partial charge in [-0.3, -0.25) is 9.36 Å². The van der Waals surface area contributed by atoms with Gasteiger partial charge in [-0.25, -0.2) is 0 Å². The SMILES string of the molecule is COc1ccccc1OC(C)c1nnc(SCC(=O)Nc2cccc(C)c2)n1-c1ccccc1. The molecular formula is C26H26N4O3S. The Morgan fingerprint density at radius 3 is 2.47 bits per heavy atom. The van der Waals surface area contributed by atoms with Crippen LogP contribution in [0.3, 0.4) is 0 Å². The van der Waals surface area contributed by atoms with E-state index in [-0.39, 0.29) is 11.7 Å². The molecule has 0 aliphatic rings. The van der Waals surface area contributed by atoms with Crippen molar-refractivity contribution in [2.45, 2.75) is 25.1 Å². The highest BCUT2D eigenvalue weighted by molar-refractivity contribution is 7.99. The molecule has 0 fully saturated rings. The predicted octanol–water partition coefficient (Wildman–Crippen LogP) is 5.46. The van der Waals surface area contributed by atoms with E-state index in [9.17, 15) is 4.79 Å². The Kier molecular flexibility index (Phi) is 7.49. The molecular weight excluding hydrogens is 448 g/mol. The molecule has 3 aromatic carbocycles. The van der Waals surface area contributed by atoms with Gasteiger partial charge in [0.05, 0.1) is 12.9 Å². The number of methoxy groups -OCH3 is 1. The largest absolute Gasteiger partial charge is 0.493 e. The van der Waals surface area contributed by atoms with Gasteiger partial charge in [0.25, 0.3) is 0 Å². The molecule has 0 aliphatic heterocycles. The van der Waals surface area contributed by atoms with Crippen molar-refractivity contribution in [2.75, 3.05) is 18.2 Å². The Bertz CT molecular complexity index is 1260. The van der Waals surface area contributed by atoms with Gasteiger partial charge in [-0.1, -0.05) is 54.2 Å². The Hall–Kier alpha value is -3.78. The average molecular weight is 475 g/mol. The third-order valence-electron chi connectivity index (χ3n) is 5.04. The highest BCUT2D eigenvalue weighted by Crippen LogP contribution is 2.32. The highest BCUT2D eigenvalue weighted by atomic mass is 32.2. The summed E-state index contributed by atoms with van der Waals surface area (Å²) in [6.45, 7) is 3.90. The number of aromatic nitrogens is 3. The minimum absolute atomic E-state index is 0.113. The molecule has 34 heavy (non-hydrogen) atoms. The summed E-state index contributed by atoms with van der Waals surface area (Å²) >= 11 is 1.32. The molecule has 1 aromatic heterocycles. The number of carbonyl (C=O) groups is 1. The molecule has 0 saturated heterocycles. The number of carbonyl (C=O) groups excluding carboxylic acids is 1. The lowest BCUT2D eigenvalue weighted by Crippen LogP contribution is -2.15. The molecule has 4 aromatic rings. The van der Waals surface area contributed by atoms with Gasteiger partial charge in [0.15, 0.2) is 28.6 Å². The molecule has 1 heterocycles. The summed E-state index contributed by atoms with van der Waals surface area (Å²) in [5.41, 5.74) is 2.75. The van der Waals surface area contributed by atoms with Gasteiger partial charge in [0.2, 0.25) is 5.91 Å². The average Bonchev–Trinajstić information content (AvgIpc) is 3.28. The Balaban J connectivity index is 1.55. The van der Waals surface area contributed by atoms with Crippen molar-refractivity contribution in [1.82, 2.24) is 14.8 Å². The van der Waals surface area contributed by atoms with Gasteiger partial charge < -0.3 is 14.8 Å². The molecule has 0 aliphatic carbocycles. The highest BCUT2D eigenvalue weighted by Gasteiger charge is 2.22. The number of benzene rings is 3. The first kappa shape index (κ1) is 23.4. The van der Waals surface area contributed by atoms with Crippen molar-refractivity contribution < 1.29 is 14.3 Å². The Labute approximate surface area is 203 Å². The van der Waals surface area contributed by atoms with E-state index in [1.54, 1.807) is 7.11 Å². The van der Waals surface area contributed by atoms with E-state index in [2.05, 4.69) is 15.5 Å². The molecule has 4 rings (SSSR count). The van der Waals surface area contributed by atoms with E-state index >= 15 is 0 Å². The van der Waals surface area contributed by atoms with Crippen LogP contribution >= 0.6 is 11.8 Å². The van der Waals surface area contributed by atoms with Crippen LogP contribution in [0, 0.1) is 6.92 Å². The zero-order chi connectivity index (χ0) is 23.9. The van der Waals surface area contributed by atoms with E-state index in [1.807, 2.05) is 97.3 Å². The third kappa shape index (κ3) is 5.58. The van der Waals surface area contributed by atoms with Crippen molar-refractivity contribution in [3.8, 4) is 17.2 Å². The molecule has 0 bridgehead atoms. The van der Waals surface area contributed by atoms with Crippen molar-refractivity contribution >= 4 is 23.4 Å². The molecule has 0 spiro atoms. The van der Waals surface area contributed by atoms with Crippen LogP contribution in [-0.2, 0) is 4.79 Å². The van der Waals surface area contributed by atoms with Gasteiger partial charge in [-0.05, 0) is 55.8 Å². The fourth-order valence-corrected chi connectivity index (χ4v) is 4.23. The number of hydrogen-bond donors (Lipinski definition) is 1. The molecule has 0 saturated carbocycles. The van der Waals surface area contributed by atoms with E-state index in [0.29, 0.717) is 22.5 Å². The van der Waals surface area contributed by atoms with Gasteiger partial charge in [0, 0.05) is 11.4 Å². The standard InChI is InChI=1S/C26H26N4O3S/c1-18-10-9-11-20(16-18)27-24(31)17-34-26-29-28-25(30(26)21-12-5-4-6-13-21)19(2)33-23-15-8-7-14-22(23)32-3/h4-16,19H,17H2,1-3H3,(H,27,31). The zero-order valence-corrected chi connectivity index (χ0v) is 20.1. The number of rotatable bonds is 9. The fraction of sp³-hybridized carbons (Fsp3) is 0.192. The summed E-state index contributed by atoms with van der Waals surface area (Å²) in [5, 5.41) is 12.3. The van der Waals surface area contributed by atoms with Gasteiger partial charge in [-0.2, -0.15) is 0 Å². The number of amides is 1. The minimum Gasteiger partial charge on any atom is -0.493 e. The molecule has 7 nitrogen and oxygen atoms in total. The lowest BCUT2D eigenvalue weighted by molar-refractivity contribution is -0.113. The van der Waals surface area contributed by atoms with Crippen molar-refractivity contribution in [3.63, 3.8) is 0 Å². The Morgan fingerprint density at radius 2 is 1.74 bits per heavy atom. The maximum absolute atomic E-state index is 12.6. The quantitative estimate of drug-likeness (QED) is 0.325. The molecule has 0 radical (unpaired) electrons. The second kappa shape index (κ2) is 10.9. The number of para-hydroxylation sites is 3. The molecule has 1 amide bonds. The number of nitrogens with zero attached hydrogens (tertiary/aromatic N) is 3. The monoisotopic (exact) mass is 474 g/mol. The maximum Gasteiger partial charge on any atom is 0.234 e. The second-order valence-electron chi connectivity index (χ2n) is 7.63. The van der Waals surface area contributed by atoms with E-state index in [0.717, 1.165) is 16.9 Å². The van der Waals surface area contributed by atoms with Crippen LogP contribution in [-0.4, -0.2) is 33.5 Å². The van der Waals surface area contributed by atoms with Gasteiger partial charge in [0.1, 0.15) is 0 Å². The summed E-state index contributed by atoms with van der Waals surface area (Å²) in [4.78, 5) is 12.6. The maximum atomic E-state index is 12.6. The van der Waals surface area contributed by atoms with Crippen LogP contribution < -0.4 is 14.8 Å². The second-order valence-corrected chi connectivity index (χ2v) is 8.57. The number of ether oxygens (including phenoxy) is 2. The number of nitrogens with one attached hydrogen (secondary N) is 1. The normalized spacial score (nSPS) is 11.6. The lowest BCUT2D eigenvalue weighted by atomic mass is 10.2. The molecule has 174 valence electrons. The minimum atomic E-state index is -0.417. The molecule has 1 unspecified atom stereocenters. The van der Waals surface area contributed by atoms with Crippen LogP contribution in [0.1, 0.15) is 24.4 Å². The number of hydrogen-bond acceptors (Lipinski definition) is 6. The summed E-state index contributed by atoms with van der Waals surface area (Å²) in [7, 11) is 1.61. The first-order chi connectivity index (χ1) is 16.5. The first-order valence-electron chi connectivity index (χ1n) is 10.8. The van der Waals surface area contributed by atoms with E-state index in [1.165, 1.54) is 11.8 Å². The number of anilines is 1. The van der Waals surface area contributed by atoms with Crippen molar-refractivity contribution in [3.05, 3.63) is 90.3 Å². The zero-order valence-electron chi connectivity index (χ0n) is 19.3. The topological polar surface area (TPSA) is 78.3 Å². The van der Waals surface area contributed by atoms with Crippen LogP contribution in [0.25, 0.3) is 5.69 Å². The summed E-state index contributed by atoms with van der Waals surface area (Å²) in [6.07, 6.45) is -0.417. The van der Waals surface area contributed by atoms with Crippen LogP contribution in [0.4, 0.5) is 5.69 Å². The lowest BCUT2D eigenvalue weighted by Gasteiger charge is -2.18. The third-order valence-corrected chi connectivity index (χ3v) is 5.97. The van der Waals surface area contributed by atoms with E-state index in [4.69, 9.17) is 9.47 Å². The molecule has 8 heteroatoms. The summed E-state index contributed by atoms with van der Waals surface area (Å²) in [5.74, 6) is 1.96. The van der Waals surface area contributed by atoms with Crippen molar-refractivity contribution in [2.24, 2.45) is 0 Å². The predicted molar refractivity (Wildman–Crippen MR) is 134 cm³/mol. The van der Waals surface area contributed by atoms with Crippen LogP contribution in [0.15, 0.2) is 84.0 Å². The van der Waals surface area contributed by atoms with Crippen LogP contribution in [0.2, 0.25) is 0 Å². The summed E-state index contributed by atoms with van der Waals surface area (Å²) < 4.78 is 13.5. The number of thioether (sulfide) groups is 1. The Morgan fingerprint density at radius 1 is 1.00 bits per heavy atom. The fourth-order valence-electron chi connectivity index (χ4n) is 3.47. The van der Waals surface area contributed by atoms with Gasteiger partial charge >= 0.3 is 0 Å². The molecule has 1 N–H and O–H groups in total. The number of aryl methyl sites for hydroxylation is 1. The van der Waals surface area contributed by atoms with Gasteiger partial charge in [-0.15, -0.1) is 10.2 Å². The first-order valence-corrected chi connectivity index (χ1v) is 11.8. The van der Waals surface area contributed by atoms with Crippen molar-refractivity contribution in [1.29, 1.82) is 0 Å².